The number of benzene rings is 1. The first kappa shape index (κ1) is 20.4. The van der Waals surface area contributed by atoms with Crippen molar-refractivity contribution in [3.8, 4) is 11.3 Å². The Kier molecular flexibility index (Phi) is 5.76. The van der Waals surface area contributed by atoms with E-state index in [-0.39, 0.29) is 24.7 Å². The van der Waals surface area contributed by atoms with Gasteiger partial charge in [0.2, 0.25) is 5.91 Å². The second-order valence-corrected chi connectivity index (χ2v) is 8.19. The van der Waals surface area contributed by atoms with Gasteiger partial charge in [0.05, 0.1) is 19.0 Å². The van der Waals surface area contributed by atoms with E-state index in [0.29, 0.717) is 18.8 Å². The van der Waals surface area contributed by atoms with Crippen LogP contribution in [0.15, 0.2) is 34.9 Å². The monoisotopic (exact) mass is 475 g/mol. The molecule has 30 heavy (non-hydrogen) atoms. The van der Waals surface area contributed by atoms with Crippen LogP contribution in [0.5, 0.6) is 0 Å². The Hall–Kier alpha value is -2.88. The van der Waals surface area contributed by atoms with Crippen molar-refractivity contribution in [2.24, 2.45) is 0 Å². The van der Waals surface area contributed by atoms with Gasteiger partial charge in [0.15, 0.2) is 0 Å². The summed E-state index contributed by atoms with van der Waals surface area (Å²) in [7, 11) is 1.24. The maximum absolute atomic E-state index is 13.3. The number of aromatic nitrogens is 2. The van der Waals surface area contributed by atoms with Crippen molar-refractivity contribution in [2.45, 2.75) is 37.8 Å². The molecule has 0 unspecified atom stereocenters. The number of hydrazine groups is 1. The number of hydrogen-bond donors (Lipinski definition) is 2. The Morgan fingerprint density at radius 2 is 2.03 bits per heavy atom. The highest BCUT2D eigenvalue weighted by Gasteiger charge is 2.43. The van der Waals surface area contributed by atoms with Crippen molar-refractivity contribution in [3.63, 3.8) is 0 Å². The highest BCUT2D eigenvalue weighted by atomic mass is 79.9. The number of halogens is 1. The largest absolute Gasteiger partial charge is 0.453 e. The fraction of sp³-hybridized carbons (Fsp3) is 0.400. The zero-order valence-corrected chi connectivity index (χ0v) is 18.0. The summed E-state index contributed by atoms with van der Waals surface area (Å²) in [5.74, 6) is 0.136. The van der Waals surface area contributed by atoms with E-state index in [9.17, 15) is 14.4 Å². The van der Waals surface area contributed by atoms with Gasteiger partial charge in [-0.25, -0.2) is 14.8 Å². The fourth-order valence-corrected chi connectivity index (χ4v) is 4.16. The number of alkyl carbamates (subject to hydrolysis) is 1. The van der Waals surface area contributed by atoms with Crippen LogP contribution in [0.25, 0.3) is 11.3 Å². The van der Waals surface area contributed by atoms with Crippen LogP contribution in [-0.2, 0) is 14.3 Å². The van der Waals surface area contributed by atoms with Gasteiger partial charge >= 0.3 is 6.09 Å². The lowest BCUT2D eigenvalue weighted by atomic mass is 10.1. The number of methoxy groups -OCH3 is 1. The van der Waals surface area contributed by atoms with Crippen molar-refractivity contribution < 1.29 is 19.1 Å². The van der Waals surface area contributed by atoms with Crippen molar-refractivity contribution in [1.82, 2.24) is 25.3 Å². The molecule has 0 bridgehead atoms. The molecule has 0 aliphatic carbocycles. The lowest BCUT2D eigenvalue weighted by molar-refractivity contribution is -0.174. The molecule has 3 heterocycles. The number of H-pyrrole nitrogens is 1. The van der Waals surface area contributed by atoms with Gasteiger partial charge in [0.25, 0.3) is 5.91 Å². The molecule has 2 aliphatic rings. The number of hydrogen-bond acceptors (Lipinski definition) is 5. The van der Waals surface area contributed by atoms with E-state index >= 15 is 0 Å². The van der Waals surface area contributed by atoms with Crippen LogP contribution in [-0.4, -0.2) is 57.6 Å². The maximum atomic E-state index is 13.3. The first-order chi connectivity index (χ1) is 14.5. The number of rotatable bonds is 3. The minimum absolute atomic E-state index is 0.137. The zero-order chi connectivity index (χ0) is 21.3. The average Bonchev–Trinajstić information content (AvgIpc) is 3.21. The number of carbonyl (C=O) groups excluding carboxylic acids is 3. The first-order valence-electron chi connectivity index (χ1n) is 9.76. The molecule has 2 fully saturated rings. The Bertz CT molecular complexity index is 960. The molecule has 2 N–H and O–H groups in total. The molecule has 2 aliphatic heterocycles. The summed E-state index contributed by atoms with van der Waals surface area (Å²) in [5.41, 5.74) is 1.79. The number of ether oxygens (including phenoxy) is 1. The summed E-state index contributed by atoms with van der Waals surface area (Å²) in [6, 6.07) is 6.57. The number of carbonyl (C=O) groups is 3. The van der Waals surface area contributed by atoms with E-state index in [1.54, 1.807) is 6.20 Å². The quantitative estimate of drug-likeness (QED) is 0.709. The number of aromatic amines is 1. The highest BCUT2D eigenvalue weighted by Crippen LogP contribution is 2.34. The second kappa shape index (κ2) is 8.47. The molecule has 1 aromatic heterocycles. The summed E-state index contributed by atoms with van der Waals surface area (Å²) >= 11 is 3.42. The summed E-state index contributed by atoms with van der Waals surface area (Å²) in [5, 5.41) is 5.51. The van der Waals surface area contributed by atoms with Gasteiger partial charge in [0.1, 0.15) is 17.9 Å². The summed E-state index contributed by atoms with van der Waals surface area (Å²) in [6.45, 7) is 0.465. The predicted molar refractivity (Wildman–Crippen MR) is 111 cm³/mol. The number of amides is 3. The average molecular weight is 476 g/mol. The second-order valence-electron chi connectivity index (χ2n) is 7.27. The van der Waals surface area contributed by atoms with E-state index in [4.69, 9.17) is 0 Å². The van der Waals surface area contributed by atoms with E-state index in [0.717, 1.165) is 22.2 Å². The maximum Gasteiger partial charge on any atom is 0.407 e. The Labute approximate surface area is 181 Å². The van der Waals surface area contributed by atoms with Gasteiger partial charge in [-0.15, -0.1) is 0 Å². The summed E-state index contributed by atoms with van der Waals surface area (Å²) in [6.07, 6.45) is 2.85. The minimum Gasteiger partial charge on any atom is -0.453 e. The van der Waals surface area contributed by atoms with Crippen LogP contribution in [0.4, 0.5) is 4.79 Å². The molecule has 2 aromatic rings. The smallest absolute Gasteiger partial charge is 0.407 e. The van der Waals surface area contributed by atoms with Gasteiger partial charge < -0.3 is 15.0 Å². The third kappa shape index (κ3) is 3.91. The number of nitrogens with zero attached hydrogens (tertiary/aromatic N) is 3. The number of fused-ring (bicyclic) bond motifs is 1. The van der Waals surface area contributed by atoms with Crippen LogP contribution in [0.2, 0.25) is 0 Å². The Morgan fingerprint density at radius 3 is 2.77 bits per heavy atom. The van der Waals surface area contributed by atoms with Gasteiger partial charge in [0, 0.05) is 17.4 Å². The van der Waals surface area contributed by atoms with Gasteiger partial charge in [-0.3, -0.25) is 14.6 Å². The molecule has 10 heteroatoms. The van der Waals surface area contributed by atoms with Crippen molar-refractivity contribution in [2.75, 3.05) is 13.7 Å². The zero-order valence-electron chi connectivity index (χ0n) is 16.4. The molecule has 3 amide bonds. The van der Waals surface area contributed by atoms with Gasteiger partial charge in [-0.2, -0.15) is 0 Å². The summed E-state index contributed by atoms with van der Waals surface area (Å²) < 4.78 is 5.61. The molecule has 2 atom stereocenters. The Balaban J connectivity index is 1.64. The van der Waals surface area contributed by atoms with E-state index in [1.165, 1.54) is 17.1 Å². The lowest BCUT2D eigenvalue weighted by Crippen LogP contribution is -2.57. The molecular weight excluding hydrogens is 454 g/mol. The van der Waals surface area contributed by atoms with E-state index < -0.39 is 18.2 Å². The van der Waals surface area contributed by atoms with Crippen LogP contribution in [0.1, 0.15) is 37.5 Å². The van der Waals surface area contributed by atoms with Gasteiger partial charge in [-0.1, -0.05) is 28.1 Å². The fourth-order valence-electron chi connectivity index (χ4n) is 3.90. The molecule has 0 radical (unpaired) electrons. The minimum atomic E-state index is -0.826. The molecule has 0 spiro atoms. The lowest BCUT2D eigenvalue weighted by Gasteiger charge is -2.42. The molecule has 4 rings (SSSR count). The first-order valence-corrected chi connectivity index (χ1v) is 10.6. The van der Waals surface area contributed by atoms with Crippen molar-refractivity contribution >= 4 is 33.8 Å². The van der Waals surface area contributed by atoms with Crippen LogP contribution >= 0.6 is 15.9 Å². The molecule has 9 nitrogen and oxygen atoms in total. The highest BCUT2D eigenvalue weighted by molar-refractivity contribution is 9.10. The third-order valence-electron chi connectivity index (χ3n) is 5.41. The molecule has 1 aromatic carbocycles. The van der Waals surface area contributed by atoms with Gasteiger partial charge in [-0.05, 0) is 37.0 Å². The predicted octanol–water partition coefficient (Wildman–Crippen LogP) is 2.76. The molecule has 0 saturated carbocycles. The SMILES string of the molecule is COC(=O)N[C@H]1CCC(=O)N2CCC[C@@H](c3ncc(-c4ccc(Br)cc4)[nH]3)N2C1=O. The van der Waals surface area contributed by atoms with Crippen molar-refractivity contribution in [1.29, 1.82) is 0 Å². The van der Waals surface area contributed by atoms with Crippen LogP contribution in [0.3, 0.4) is 0 Å². The standard InChI is InChI=1S/C20H22BrN5O4/c1-30-20(29)24-14-8-9-17(27)25-10-2-3-16(26(25)19(14)28)18-22-11-15(23-18)12-4-6-13(21)7-5-12/h4-7,11,14,16H,2-3,8-10H2,1H3,(H,22,23)(H,24,29)/t14-,16-/m0/s1. The molecular formula is C20H22BrN5O4. The molecule has 158 valence electrons. The van der Waals surface area contributed by atoms with Crippen molar-refractivity contribution in [3.05, 3.63) is 40.8 Å². The topological polar surface area (TPSA) is 108 Å². The summed E-state index contributed by atoms with van der Waals surface area (Å²) in [4.78, 5) is 45.5. The molecule has 2 saturated heterocycles. The van der Waals surface area contributed by atoms with E-state index in [1.807, 2.05) is 24.3 Å². The number of imidazole rings is 1. The normalized spacial score (nSPS) is 21.8. The number of nitrogens with one attached hydrogen (secondary N) is 2. The third-order valence-corrected chi connectivity index (χ3v) is 5.93. The van der Waals surface area contributed by atoms with Crippen LogP contribution < -0.4 is 5.32 Å². The van der Waals surface area contributed by atoms with E-state index in [2.05, 4.69) is 36.0 Å². The van der Waals surface area contributed by atoms with Crippen LogP contribution in [0, 0.1) is 0 Å². The Morgan fingerprint density at radius 1 is 1.27 bits per heavy atom.